The molecule has 1 aliphatic carbocycles. The lowest BCUT2D eigenvalue weighted by atomic mass is 9.85. The van der Waals surface area contributed by atoms with Crippen LogP contribution in [0.2, 0.25) is 0 Å². The first-order valence-electron chi connectivity index (χ1n) is 9.20. The summed E-state index contributed by atoms with van der Waals surface area (Å²) < 4.78 is 0. The van der Waals surface area contributed by atoms with Gasteiger partial charge in [-0.25, -0.2) is 4.79 Å². The van der Waals surface area contributed by atoms with Crippen LogP contribution in [0.25, 0.3) is 0 Å². The van der Waals surface area contributed by atoms with Crippen molar-refractivity contribution in [2.75, 3.05) is 26.2 Å². The van der Waals surface area contributed by atoms with E-state index in [1.165, 1.54) is 11.1 Å². The van der Waals surface area contributed by atoms with Gasteiger partial charge in [-0.2, -0.15) is 0 Å². The number of aliphatic hydroxyl groups is 1. The number of fused-ring (bicyclic) bond motifs is 1. The average molecular weight is 331 g/mol. The Morgan fingerprint density at radius 2 is 2.00 bits per heavy atom. The van der Waals surface area contributed by atoms with Crippen LogP contribution in [0.1, 0.15) is 36.8 Å². The third kappa shape index (κ3) is 4.48. The summed E-state index contributed by atoms with van der Waals surface area (Å²) in [4.78, 5) is 14.5. The topological polar surface area (TPSA) is 64.6 Å². The van der Waals surface area contributed by atoms with Gasteiger partial charge in [0.15, 0.2) is 0 Å². The zero-order chi connectivity index (χ0) is 16.8. The van der Waals surface area contributed by atoms with Gasteiger partial charge in [0.2, 0.25) is 0 Å². The molecule has 0 spiro atoms. The largest absolute Gasteiger partial charge is 0.396 e. The number of hydrogen-bond acceptors (Lipinski definition) is 3. The fourth-order valence-electron chi connectivity index (χ4n) is 3.91. The predicted octanol–water partition coefficient (Wildman–Crippen LogP) is 1.89. The summed E-state index contributed by atoms with van der Waals surface area (Å²) in [5.41, 5.74) is 2.85. The fourth-order valence-corrected chi connectivity index (χ4v) is 3.91. The smallest absolute Gasteiger partial charge is 0.315 e. The molecule has 24 heavy (non-hydrogen) atoms. The second kappa shape index (κ2) is 8.49. The molecule has 1 saturated carbocycles. The van der Waals surface area contributed by atoms with E-state index in [2.05, 4.69) is 39.8 Å². The highest BCUT2D eigenvalue weighted by atomic mass is 16.3. The molecular weight excluding hydrogens is 302 g/mol. The van der Waals surface area contributed by atoms with Gasteiger partial charge in [0.1, 0.15) is 0 Å². The van der Waals surface area contributed by atoms with E-state index in [1.807, 2.05) is 0 Å². The Morgan fingerprint density at radius 3 is 2.83 bits per heavy atom. The molecule has 5 nitrogen and oxygen atoms in total. The quantitative estimate of drug-likeness (QED) is 0.772. The molecule has 2 atom stereocenters. The highest BCUT2D eigenvalue weighted by Gasteiger charge is 2.25. The molecule has 2 amide bonds. The van der Waals surface area contributed by atoms with Gasteiger partial charge in [-0.05, 0) is 30.4 Å². The minimum atomic E-state index is -0.0993. The first-order chi connectivity index (χ1) is 11.8. The van der Waals surface area contributed by atoms with E-state index in [4.69, 9.17) is 0 Å². The lowest BCUT2D eigenvalue weighted by molar-refractivity contribution is 0.153. The number of aliphatic hydroxyl groups excluding tert-OH is 1. The van der Waals surface area contributed by atoms with Crippen LogP contribution in [0.5, 0.6) is 0 Å². The maximum Gasteiger partial charge on any atom is 0.315 e. The number of carbonyl (C=O) groups is 1. The van der Waals surface area contributed by atoms with Crippen LogP contribution in [0.15, 0.2) is 24.3 Å². The molecule has 2 aliphatic rings. The van der Waals surface area contributed by atoms with Gasteiger partial charge in [0.25, 0.3) is 0 Å². The number of nitrogens with one attached hydrogen (secondary N) is 2. The number of urea groups is 1. The van der Waals surface area contributed by atoms with Crippen LogP contribution in [-0.2, 0) is 13.0 Å². The summed E-state index contributed by atoms with van der Waals surface area (Å²) in [7, 11) is 0. The van der Waals surface area contributed by atoms with Crippen molar-refractivity contribution in [1.29, 1.82) is 0 Å². The molecule has 3 N–H and O–H groups in total. The molecule has 1 heterocycles. The lowest BCUT2D eigenvalue weighted by Crippen LogP contribution is -2.49. The maximum absolute atomic E-state index is 12.1. The SMILES string of the molecule is O=C(NCCN1CCc2ccccc2C1)NC1CCCCC1CO. The molecule has 3 rings (SSSR count). The molecule has 2 unspecified atom stereocenters. The normalized spacial score (nSPS) is 24.2. The Morgan fingerprint density at radius 1 is 1.21 bits per heavy atom. The molecule has 0 saturated heterocycles. The van der Waals surface area contributed by atoms with Crippen LogP contribution < -0.4 is 10.6 Å². The van der Waals surface area contributed by atoms with Crippen LogP contribution in [0, 0.1) is 5.92 Å². The highest BCUT2D eigenvalue weighted by Crippen LogP contribution is 2.23. The zero-order valence-corrected chi connectivity index (χ0v) is 14.3. The van der Waals surface area contributed by atoms with Gasteiger partial charge in [-0.15, -0.1) is 0 Å². The molecule has 1 aromatic rings. The number of hydrogen-bond donors (Lipinski definition) is 3. The molecule has 1 aliphatic heterocycles. The van der Waals surface area contributed by atoms with E-state index in [1.54, 1.807) is 0 Å². The van der Waals surface area contributed by atoms with Crippen LogP contribution in [0.3, 0.4) is 0 Å². The summed E-state index contributed by atoms with van der Waals surface area (Å²) in [5.74, 6) is 0.211. The number of benzene rings is 1. The Balaban J connectivity index is 1.38. The summed E-state index contributed by atoms with van der Waals surface area (Å²) in [6, 6.07) is 8.62. The van der Waals surface area contributed by atoms with E-state index < -0.39 is 0 Å². The number of nitrogens with zero attached hydrogens (tertiary/aromatic N) is 1. The minimum Gasteiger partial charge on any atom is -0.396 e. The van der Waals surface area contributed by atoms with Crippen molar-refractivity contribution in [2.24, 2.45) is 5.92 Å². The molecular formula is C19H29N3O2. The van der Waals surface area contributed by atoms with E-state index >= 15 is 0 Å². The molecule has 5 heteroatoms. The van der Waals surface area contributed by atoms with Gasteiger partial charge in [-0.1, -0.05) is 37.1 Å². The first kappa shape index (κ1) is 17.2. The number of carbonyl (C=O) groups excluding carboxylic acids is 1. The summed E-state index contributed by atoms with van der Waals surface area (Å²) in [5, 5.41) is 15.4. The van der Waals surface area contributed by atoms with Gasteiger partial charge >= 0.3 is 6.03 Å². The van der Waals surface area contributed by atoms with Crippen molar-refractivity contribution in [3.63, 3.8) is 0 Å². The van der Waals surface area contributed by atoms with Gasteiger partial charge in [0, 0.05) is 44.7 Å². The Hall–Kier alpha value is -1.59. The van der Waals surface area contributed by atoms with Crippen molar-refractivity contribution in [1.82, 2.24) is 15.5 Å². The van der Waals surface area contributed by atoms with Crippen molar-refractivity contribution in [3.05, 3.63) is 35.4 Å². The van der Waals surface area contributed by atoms with Crippen LogP contribution in [-0.4, -0.2) is 48.3 Å². The van der Waals surface area contributed by atoms with Crippen molar-refractivity contribution < 1.29 is 9.90 Å². The minimum absolute atomic E-state index is 0.0993. The van der Waals surface area contributed by atoms with Crippen molar-refractivity contribution in [2.45, 2.75) is 44.7 Å². The first-order valence-corrected chi connectivity index (χ1v) is 9.20. The maximum atomic E-state index is 12.1. The average Bonchev–Trinajstić information content (AvgIpc) is 2.62. The van der Waals surface area contributed by atoms with E-state index in [9.17, 15) is 9.90 Å². The molecule has 1 aromatic carbocycles. The third-order valence-electron chi connectivity index (χ3n) is 5.38. The predicted molar refractivity (Wildman–Crippen MR) is 94.8 cm³/mol. The Labute approximate surface area is 144 Å². The van der Waals surface area contributed by atoms with E-state index in [0.717, 1.165) is 51.7 Å². The van der Waals surface area contributed by atoms with Crippen molar-refractivity contribution in [3.8, 4) is 0 Å². The fraction of sp³-hybridized carbons (Fsp3) is 0.632. The van der Waals surface area contributed by atoms with Gasteiger partial charge < -0.3 is 15.7 Å². The van der Waals surface area contributed by atoms with E-state index in [-0.39, 0.29) is 24.6 Å². The van der Waals surface area contributed by atoms with Gasteiger partial charge in [0.05, 0.1) is 0 Å². The second-order valence-corrected chi connectivity index (χ2v) is 7.03. The number of rotatable bonds is 5. The lowest BCUT2D eigenvalue weighted by Gasteiger charge is -2.31. The molecule has 0 radical (unpaired) electrons. The van der Waals surface area contributed by atoms with Crippen LogP contribution >= 0.6 is 0 Å². The Kier molecular flexibility index (Phi) is 6.10. The third-order valence-corrected chi connectivity index (χ3v) is 5.38. The molecule has 0 aromatic heterocycles. The summed E-state index contributed by atoms with van der Waals surface area (Å²) in [6.45, 7) is 3.71. The second-order valence-electron chi connectivity index (χ2n) is 7.03. The Bertz CT molecular complexity index is 549. The molecule has 0 bridgehead atoms. The molecule has 132 valence electrons. The van der Waals surface area contributed by atoms with Gasteiger partial charge in [-0.3, -0.25) is 4.90 Å². The zero-order valence-electron chi connectivity index (χ0n) is 14.3. The highest BCUT2D eigenvalue weighted by molar-refractivity contribution is 5.74. The van der Waals surface area contributed by atoms with E-state index in [0.29, 0.717) is 6.54 Å². The summed E-state index contributed by atoms with van der Waals surface area (Å²) >= 11 is 0. The van der Waals surface area contributed by atoms with Crippen LogP contribution in [0.4, 0.5) is 4.79 Å². The molecule has 1 fully saturated rings. The number of amides is 2. The monoisotopic (exact) mass is 331 g/mol. The standard InChI is InChI=1S/C19H29N3O2/c23-14-17-7-3-4-8-18(17)21-19(24)20-10-12-22-11-9-15-5-1-2-6-16(15)13-22/h1-2,5-6,17-18,23H,3-4,7-14H2,(H2,20,21,24). The summed E-state index contributed by atoms with van der Waals surface area (Å²) in [6.07, 6.45) is 5.36. The van der Waals surface area contributed by atoms with Crippen molar-refractivity contribution >= 4 is 6.03 Å².